The molecule has 0 bridgehead atoms. The fourth-order valence-corrected chi connectivity index (χ4v) is 6.43. The Hall–Kier alpha value is -2.98. The number of halogens is 4. The van der Waals surface area contributed by atoms with Crippen LogP contribution in [0.3, 0.4) is 0 Å². The number of rotatable bonds is 4. The Labute approximate surface area is 218 Å². The minimum atomic E-state index is -4.37. The van der Waals surface area contributed by atoms with Crippen molar-refractivity contribution in [2.75, 3.05) is 18.4 Å². The van der Waals surface area contributed by atoms with Gasteiger partial charge in [0.1, 0.15) is 5.82 Å². The molecule has 1 saturated carbocycles. The number of aryl methyl sites for hydroxylation is 1. The molecule has 2 fully saturated rings. The largest absolute Gasteiger partial charge is 0.416 e. The van der Waals surface area contributed by atoms with Crippen LogP contribution in [-0.4, -0.2) is 38.8 Å². The van der Waals surface area contributed by atoms with Crippen molar-refractivity contribution in [3.05, 3.63) is 76.0 Å². The highest BCUT2D eigenvalue weighted by Gasteiger charge is 2.51. The van der Waals surface area contributed by atoms with Gasteiger partial charge in [0.25, 0.3) is 0 Å². The molecule has 1 saturated heterocycles. The highest BCUT2D eigenvalue weighted by Crippen LogP contribution is 2.48. The van der Waals surface area contributed by atoms with Crippen molar-refractivity contribution in [2.24, 2.45) is 11.8 Å². The lowest BCUT2D eigenvalue weighted by Crippen LogP contribution is -2.89. The van der Waals surface area contributed by atoms with E-state index in [0.717, 1.165) is 49.9 Å². The van der Waals surface area contributed by atoms with E-state index in [9.17, 15) is 13.2 Å². The second-order valence-electron chi connectivity index (χ2n) is 10.2. The summed E-state index contributed by atoms with van der Waals surface area (Å²) in [7, 11) is 0. The van der Waals surface area contributed by atoms with Gasteiger partial charge >= 0.3 is 6.18 Å². The van der Waals surface area contributed by atoms with Crippen molar-refractivity contribution in [1.29, 1.82) is 0 Å². The number of nitrogens with two attached hydrogens (primary N) is 1. The minimum absolute atomic E-state index is 0.127. The molecule has 7 nitrogen and oxygen atoms in total. The Morgan fingerprint density at radius 2 is 2.11 bits per heavy atom. The first kappa shape index (κ1) is 24.4. The number of likely N-dealkylation sites (tertiary alicyclic amines) is 1. The number of quaternary nitrogens is 1. The molecular formula is C26H30ClF3N7+. The number of nitrogens with zero attached hydrogens (tertiary/aromatic N) is 4. The summed E-state index contributed by atoms with van der Waals surface area (Å²) < 4.78 is 42.0. The van der Waals surface area contributed by atoms with Gasteiger partial charge in [-0.1, -0.05) is 30.7 Å². The molecular weight excluding hydrogens is 503 g/mol. The summed E-state index contributed by atoms with van der Waals surface area (Å²) in [4.78, 5) is 7.20. The zero-order chi connectivity index (χ0) is 25.7. The molecule has 6 rings (SSSR count). The first-order valence-electron chi connectivity index (χ1n) is 12.8. The fourth-order valence-electron chi connectivity index (χ4n) is 6.25. The maximum atomic E-state index is 13.4. The van der Waals surface area contributed by atoms with Crippen LogP contribution >= 0.6 is 11.6 Å². The quantitative estimate of drug-likeness (QED) is 0.316. The molecule has 4 heterocycles. The number of benzene rings is 1. The molecule has 11 heteroatoms. The van der Waals surface area contributed by atoms with E-state index in [1.165, 1.54) is 17.7 Å². The van der Waals surface area contributed by atoms with E-state index in [1.807, 2.05) is 17.0 Å². The second kappa shape index (κ2) is 9.40. The summed E-state index contributed by atoms with van der Waals surface area (Å²) in [6.07, 6.45) is 4.34. The van der Waals surface area contributed by atoms with Crippen LogP contribution in [0.15, 0.2) is 59.0 Å². The number of anilines is 1. The molecule has 3 aliphatic heterocycles. The van der Waals surface area contributed by atoms with E-state index in [2.05, 4.69) is 28.6 Å². The molecule has 4 N–H and O–H groups in total. The second-order valence-corrected chi connectivity index (χ2v) is 10.6. The molecule has 37 heavy (non-hydrogen) atoms. The van der Waals surface area contributed by atoms with Gasteiger partial charge < -0.3 is 10.2 Å². The zero-order valence-corrected chi connectivity index (χ0v) is 21.2. The standard InChI is InChI=1S/C26H29ClF3N7/c1-2-18-20-13-36(17-11-22(27)34-31-12-17)14-21(20)23(18)32-25-33-24-19(8-3-4-9-37(24)35-25)15-6-5-7-16(10-15)26(28,29)30/h2,5-7,10-12,19-21,23,31,34H,3-4,8-9,13-14H2,1H3,(H,32,35)/p+1. The van der Waals surface area contributed by atoms with Crippen molar-refractivity contribution in [3.63, 3.8) is 0 Å². The number of aromatic nitrogens is 3. The Kier molecular flexibility index (Phi) is 6.19. The number of allylic oxidation sites excluding steroid dienone is 2. The van der Waals surface area contributed by atoms with Gasteiger partial charge in [-0.2, -0.15) is 18.2 Å². The lowest BCUT2D eigenvalue weighted by molar-refractivity contribution is -0.648. The highest BCUT2D eigenvalue weighted by molar-refractivity contribution is 6.27. The molecule has 1 aromatic heterocycles. The fraction of sp³-hybridized carbons (Fsp3) is 0.462. The van der Waals surface area contributed by atoms with Crippen molar-refractivity contribution in [2.45, 2.75) is 50.9 Å². The number of hydrogen-bond donors (Lipinski definition) is 3. The third-order valence-electron chi connectivity index (χ3n) is 8.04. The number of fused-ring (bicyclic) bond motifs is 2. The first-order valence-corrected chi connectivity index (χ1v) is 13.2. The van der Waals surface area contributed by atoms with E-state index >= 15 is 0 Å². The van der Waals surface area contributed by atoms with E-state index in [0.29, 0.717) is 35.0 Å². The van der Waals surface area contributed by atoms with Gasteiger partial charge in [0.15, 0.2) is 0 Å². The molecule has 196 valence electrons. The molecule has 0 radical (unpaired) electrons. The summed E-state index contributed by atoms with van der Waals surface area (Å²) in [5.74, 6) is 1.93. The molecule has 2 aromatic rings. The maximum Gasteiger partial charge on any atom is 0.416 e. The summed E-state index contributed by atoms with van der Waals surface area (Å²) in [5, 5.41) is 9.01. The Morgan fingerprint density at radius 1 is 1.24 bits per heavy atom. The van der Waals surface area contributed by atoms with Gasteiger partial charge in [0.05, 0.1) is 23.5 Å². The van der Waals surface area contributed by atoms with Crippen LogP contribution in [-0.2, 0) is 12.7 Å². The van der Waals surface area contributed by atoms with Crippen LogP contribution in [0.4, 0.5) is 19.1 Å². The normalized spacial score (nSPS) is 28.5. The lowest BCUT2D eigenvalue weighted by Gasteiger charge is -2.42. The van der Waals surface area contributed by atoms with Gasteiger partial charge in [-0.25, -0.2) is 15.5 Å². The SMILES string of the molecule is CC=C1C2CN(C3=CN[NH2+]C(Cl)=C3)CC2C1Nc1nc2n(n1)CCCCC2c1cccc(C(F)(F)F)c1. The van der Waals surface area contributed by atoms with Crippen LogP contribution in [0, 0.1) is 11.8 Å². The van der Waals surface area contributed by atoms with E-state index in [4.69, 9.17) is 21.7 Å². The van der Waals surface area contributed by atoms with Gasteiger partial charge in [0.2, 0.25) is 11.1 Å². The van der Waals surface area contributed by atoms with Crippen LogP contribution in [0.2, 0.25) is 0 Å². The van der Waals surface area contributed by atoms with Crippen LogP contribution in [0.25, 0.3) is 0 Å². The monoisotopic (exact) mass is 532 g/mol. The van der Waals surface area contributed by atoms with Crippen molar-refractivity contribution in [3.8, 4) is 0 Å². The van der Waals surface area contributed by atoms with Gasteiger partial charge in [-0.3, -0.25) is 0 Å². The summed E-state index contributed by atoms with van der Waals surface area (Å²) in [6.45, 7) is 4.61. The van der Waals surface area contributed by atoms with Crippen LogP contribution in [0.5, 0.6) is 0 Å². The van der Waals surface area contributed by atoms with Gasteiger partial charge in [-0.15, -0.1) is 5.10 Å². The highest BCUT2D eigenvalue weighted by atomic mass is 35.5. The molecule has 4 unspecified atom stereocenters. The molecule has 0 amide bonds. The molecule has 1 aromatic carbocycles. The van der Waals surface area contributed by atoms with Crippen molar-refractivity contribution < 1.29 is 18.6 Å². The van der Waals surface area contributed by atoms with Crippen LogP contribution in [0.1, 0.15) is 49.1 Å². The maximum absolute atomic E-state index is 13.4. The summed E-state index contributed by atoms with van der Waals surface area (Å²) in [6, 6.07) is 5.76. The third-order valence-corrected chi connectivity index (χ3v) is 8.26. The average molecular weight is 533 g/mol. The Morgan fingerprint density at radius 3 is 2.89 bits per heavy atom. The van der Waals surface area contributed by atoms with E-state index in [-0.39, 0.29) is 12.0 Å². The smallest absolute Gasteiger partial charge is 0.369 e. The molecule has 0 spiro atoms. The summed E-state index contributed by atoms with van der Waals surface area (Å²) in [5.41, 5.74) is 7.30. The zero-order valence-electron chi connectivity index (χ0n) is 20.5. The number of hydrogen-bond acceptors (Lipinski definition) is 5. The van der Waals surface area contributed by atoms with Gasteiger partial charge in [-0.05, 0) is 48.6 Å². The Bertz CT molecular complexity index is 1280. The van der Waals surface area contributed by atoms with Crippen LogP contribution < -0.4 is 16.2 Å². The average Bonchev–Trinajstić information content (AvgIpc) is 3.39. The lowest BCUT2D eigenvalue weighted by atomic mass is 9.67. The number of alkyl halides is 3. The van der Waals surface area contributed by atoms with E-state index in [1.54, 1.807) is 11.5 Å². The predicted molar refractivity (Wildman–Crippen MR) is 134 cm³/mol. The summed E-state index contributed by atoms with van der Waals surface area (Å²) >= 11 is 6.20. The predicted octanol–water partition coefficient (Wildman–Crippen LogP) is 3.90. The Balaban J connectivity index is 1.23. The third kappa shape index (κ3) is 4.50. The molecule has 4 atom stereocenters. The van der Waals surface area contributed by atoms with Crippen molar-refractivity contribution in [1.82, 2.24) is 25.1 Å². The number of nitrogens with one attached hydrogen (secondary N) is 2. The minimum Gasteiger partial charge on any atom is -0.369 e. The van der Waals surface area contributed by atoms with Gasteiger partial charge in [0, 0.05) is 43.5 Å². The topological polar surface area (TPSA) is 74.6 Å². The molecule has 4 aliphatic rings. The molecule has 1 aliphatic carbocycles. The first-order chi connectivity index (χ1) is 17.8. The van der Waals surface area contributed by atoms with Crippen molar-refractivity contribution >= 4 is 17.5 Å². The van der Waals surface area contributed by atoms with E-state index < -0.39 is 11.7 Å².